The fraction of sp³-hybridized carbons (Fsp3) is 0.0476. The van der Waals surface area contributed by atoms with Gasteiger partial charge < -0.3 is 9.15 Å². The third-order valence-electron chi connectivity index (χ3n) is 4.44. The van der Waals surface area contributed by atoms with Crippen LogP contribution in [-0.4, -0.2) is 24.2 Å². The van der Waals surface area contributed by atoms with E-state index in [2.05, 4.69) is 10.5 Å². The van der Waals surface area contributed by atoms with Crippen molar-refractivity contribution in [2.75, 3.05) is 7.11 Å². The SMILES string of the molecule is COc1ccc(/C=N/NC(=O)c2cc3cc([N+](=O)[O-])ccc3o2)c2ccccc12. The van der Waals surface area contributed by atoms with E-state index in [4.69, 9.17) is 9.15 Å². The Bertz CT molecular complexity index is 1280. The van der Waals surface area contributed by atoms with E-state index in [9.17, 15) is 14.9 Å². The monoisotopic (exact) mass is 389 g/mol. The molecule has 0 bridgehead atoms. The van der Waals surface area contributed by atoms with Crippen molar-refractivity contribution in [2.45, 2.75) is 0 Å². The minimum atomic E-state index is -0.557. The van der Waals surface area contributed by atoms with Crippen molar-refractivity contribution in [1.29, 1.82) is 0 Å². The second kappa shape index (κ2) is 7.43. The number of carbonyl (C=O) groups excluding carboxylic acids is 1. The molecule has 144 valence electrons. The molecule has 1 amide bonds. The summed E-state index contributed by atoms with van der Waals surface area (Å²) in [7, 11) is 1.61. The Kier molecular flexibility index (Phi) is 4.66. The Morgan fingerprint density at radius 3 is 2.69 bits per heavy atom. The van der Waals surface area contributed by atoms with Crippen LogP contribution in [0.4, 0.5) is 5.69 Å². The molecule has 0 saturated carbocycles. The van der Waals surface area contributed by atoms with Gasteiger partial charge in [0.05, 0.1) is 18.2 Å². The van der Waals surface area contributed by atoms with E-state index in [0.717, 1.165) is 22.1 Å². The van der Waals surface area contributed by atoms with Crippen molar-refractivity contribution in [3.63, 3.8) is 0 Å². The summed E-state index contributed by atoms with van der Waals surface area (Å²) in [5.74, 6) is 0.202. The van der Waals surface area contributed by atoms with Gasteiger partial charge in [-0.2, -0.15) is 5.10 Å². The summed E-state index contributed by atoms with van der Waals surface area (Å²) in [5, 5.41) is 17.2. The molecular weight excluding hydrogens is 374 g/mol. The first kappa shape index (κ1) is 18.2. The lowest BCUT2D eigenvalue weighted by molar-refractivity contribution is -0.384. The fourth-order valence-corrected chi connectivity index (χ4v) is 3.06. The van der Waals surface area contributed by atoms with Gasteiger partial charge in [0, 0.05) is 28.5 Å². The molecule has 0 unspecified atom stereocenters. The van der Waals surface area contributed by atoms with Gasteiger partial charge in [-0.3, -0.25) is 14.9 Å². The van der Waals surface area contributed by atoms with Gasteiger partial charge in [0.2, 0.25) is 0 Å². The van der Waals surface area contributed by atoms with E-state index < -0.39 is 10.8 Å². The maximum atomic E-state index is 12.3. The molecule has 3 aromatic carbocycles. The van der Waals surface area contributed by atoms with Crippen molar-refractivity contribution in [2.24, 2.45) is 5.10 Å². The number of hydrogen-bond acceptors (Lipinski definition) is 6. The number of nitro benzene ring substituents is 1. The fourth-order valence-electron chi connectivity index (χ4n) is 3.06. The number of rotatable bonds is 5. The van der Waals surface area contributed by atoms with E-state index >= 15 is 0 Å². The van der Waals surface area contributed by atoms with Gasteiger partial charge in [-0.05, 0) is 29.7 Å². The minimum Gasteiger partial charge on any atom is -0.496 e. The van der Waals surface area contributed by atoms with Gasteiger partial charge in [0.1, 0.15) is 11.3 Å². The molecule has 1 heterocycles. The van der Waals surface area contributed by atoms with Crippen LogP contribution >= 0.6 is 0 Å². The number of nitrogens with one attached hydrogen (secondary N) is 1. The minimum absolute atomic E-state index is 0.0113. The molecule has 8 heteroatoms. The Labute approximate surface area is 164 Å². The van der Waals surface area contributed by atoms with Crippen molar-refractivity contribution in [1.82, 2.24) is 5.43 Å². The first-order valence-electron chi connectivity index (χ1n) is 8.64. The number of amides is 1. The van der Waals surface area contributed by atoms with Crippen LogP contribution in [0, 0.1) is 10.1 Å². The van der Waals surface area contributed by atoms with E-state index in [1.807, 2.05) is 36.4 Å². The number of carbonyl (C=O) groups is 1. The van der Waals surface area contributed by atoms with Gasteiger partial charge in [-0.15, -0.1) is 0 Å². The zero-order valence-corrected chi connectivity index (χ0v) is 15.3. The Morgan fingerprint density at radius 1 is 1.14 bits per heavy atom. The molecule has 8 nitrogen and oxygen atoms in total. The molecule has 29 heavy (non-hydrogen) atoms. The highest BCUT2D eigenvalue weighted by molar-refractivity contribution is 6.03. The molecule has 1 N–H and O–H groups in total. The van der Waals surface area contributed by atoms with Crippen molar-refractivity contribution in [3.05, 3.63) is 82.1 Å². The predicted octanol–water partition coefficient (Wildman–Crippen LogP) is 4.27. The third-order valence-corrected chi connectivity index (χ3v) is 4.44. The molecule has 0 spiro atoms. The Balaban J connectivity index is 1.55. The number of furan rings is 1. The zero-order chi connectivity index (χ0) is 20.4. The van der Waals surface area contributed by atoms with Crippen LogP contribution in [0.15, 0.2) is 70.2 Å². The largest absolute Gasteiger partial charge is 0.496 e. The number of hydrogen-bond donors (Lipinski definition) is 1. The normalized spacial score (nSPS) is 11.2. The Morgan fingerprint density at radius 2 is 1.93 bits per heavy atom. The summed E-state index contributed by atoms with van der Waals surface area (Å²) < 4.78 is 10.8. The van der Waals surface area contributed by atoms with Crippen molar-refractivity contribution >= 4 is 39.6 Å². The highest BCUT2D eigenvalue weighted by Gasteiger charge is 2.14. The number of hydrazone groups is 1. The highest BCUT2D eigenvalue weighted by atomic mass is 16.6. The number of fused-ring (bicyclic) bond motifs is 2. The lowest BCUT2D eigenvalue weighted by Crippen LogP contribution is -2.16. The number of non-ortho nitro benzene ring substituents is 1. The molecule has 0 aliphatic carbocycles. The van der Waals surface area contributed by atoms with Crippen LogP contribution in [0.5, 0.6) is 5.75 Å². The average molecular weight is 389 g/mol. The number of ether oxygens (including phenoxy) is 1. The van der Waals surface area contributed by atoms with Crippen molar-refractivity contribution in [3.8, 4) is 5.75 Å². The van der Waals surface area contributed by atoms with Gasteiger partial charge in [0.15, 0.2) is 5.76 Å². The third kappa shape index (κ3) is 3.51. The smallest absolute Gasteiger partial charge is 0.307 e. The first-order chi connectivity index (χ1) is 14.1. The summed E-state index contributed by atoms with van der Waals surface area (Å²) in [4.78, 5) is 22.7. The van der Waals surface area contributed by atoms with Crippen LogP contribution < -0.4 is 10.2 Å². The molecule has 0 fully saturated rings. The van der Waals surface area contributed by atoms with Crippen LogP contribution in [0.2, 0.25) is 0 Å². The van der Waals surface area contributed by atoms with Gasteiger partial charge in [0.25, 0.3) is 5.69 Å². The number of benzene rings is 3. The van der Waals surface area contributed by atoms with E-state index in [0.29, 0.717) is 11.0 Å². The second-order valence-electron chi connectivity index (χ2n) is 6.19. The topological polar surface area (TPSA) is 107 Å². The van der Waals surface area contributed by atoms with Gasteiger partial charge >= 0.3 is 5.91 Å². The van der Waals surface area contributed by atoms with E-state index in [1.165, 1.54) is 30.5 Å². The number of nitro groups is 1. The molecule has 4 rings (SSSR count). The van der Waals surface area contributed by atoms with Gasteiger partial charge in [-0.25, -0.2) is 5.43 Å². The molecule has 0 aliphatic rings. The van der Waals surface area contributed by atoms with Crippen LogP contribution in [0.1, 0.15) is 16.1 Å². The average Bonchev–Trinajstić information content (AvgIpc) is 3.17. The van der Waals surface area contributed by atoms with Crippen molar-refractivity contribution < 1.29 is 18.9 Å². The number of methoxy groups -OCH3 is 1. The zero-order valence-electron chi connectivity index (χ0n) is 15.3. The van der Waals surface area contributed by atoms with E-state index in [1.54, 1.807) is 7.11 Å². The summed E-state index contributed by atoms with van der Waals surface area (Å²) in [5.41, 5.74) is 3.52. The summed E-state index contributed by atoms with van der Waals surface area (Å²) in [6.07, 6.45) is 1.53. The maximum absolute atomic E-state index is 12.3. The molecule has 0 saturated heterocycles. The molecule has 4 aromatic rings. The first-order valence-corrected chi connectivity index (χ1v) is 8.64. The molecule has 0 atom stereocenters. The predicted molar refractivity (Wildman–Crippen MR) is 108 cm³/mol. The number of nitrogens with zero attached hydrogens (tertiary/aromatic N) is 2. The lowest BCUT2D eigenvalue weighted by Gasteiger charge is -2.07. The second-order valence-corrected chi connectivity index (χ2v) is 6.19. The summed E-state index contributed by atoms with van der Waals surface area (Å²) in [6, 6.07) is 16.9. The lowest BCUT2D eigenvalue weighted by atomic mass is 10.0. The molecule has 0 radical (unpaired) electrons. The van der Waals surface area contributed by atoms with Crippen LogP contribution in [0.3, 0.4) is 0 Å². The standard InChI is InChI=1S/C21H15N3O5/c1-28-19-8-6-13(16-4-2-3-5-17(16)19)12-22-23-21(25)20-11-14-10-15(24(26)27)7-9-18(14)29-20/h2-12H,1H3,(H,23,25)/b22-12+. The summed E-state index contributed by atoms with van der Waals surface area (Å²) in [6.45, 7) is 0. The Hall–Kier alpha value is -4.20. The molecular formula is C21H15N3O5. The van der Waals surface area contributed by atoms with Gasteiger partial charge in [-0.1, -0.05) is 24.3 Å². The van der Waals surface area contributed by atoms with Crippen LogP contribution in [-0.2, 0) is 0 Å². The summed E-state index contributed by atoms with van der Waals surface area (Å²) >= 11 is 0. The molecule has 1 aromatic heterocycles. The van der Waals surface area contributed by atoms with E-state index in [-0.39, 0.29) is 11.4 Å². The van der Waals surface area contributed by atoms with Crippen LogP contribution in [0.25, 0.3) is 21.7 Å². The molecule has 0 aliphatic heterocycles. The quantitative estimate of drug-likeness (QED) is 0.312. The highest BCUT2D eigenvalue weighted by Crippen LogP contribution is 2.27. The maximum Gasteiger partial charge on any atom is 0.307 e.